The lowest BCUT2D eigenvalue weighted by Crippen LogP contribution is -2.45. The van der Waals surface area contributed by atoms with Crippen molar-refractivity contribution in [1.82, 2.24) is 9.80 Å². The number of carboxylic acids is 1. The van der Waals surface area contributed by atoms with Crippen molar-refractivity contribution in [2.75, 3.05) is 20.1 Å². The Morgan fingerprint density at radius 3 is 2.60 bits per heavy atom. The quantitative estimate of drug-likeness (QED) is 0.537. The molecule has 1 heterocycles. The first-order chi connectivity index (χ1) is 11.6. The summed E-state index contributed by atoms with van der Waals surface area (Å²) in [6.45, 7) is 10.9. The number of aliphatic carboxylic acids is 1. The van der Waals surface area contributed by atoms with Crippen molar-refractivity contribution < 1.29 is 19.4 Å². The van der Waals surface area contributed by atoms with Gasteiger partial charge >= 0.3 is 12.1 Å². The van der Waals surface area contributed by atoms with Crippen molar-refractivity contribution >= 4 is 12.1 Å². The average molecular weight is 352 g/mol. The number of rotatable bonds is 8. The van der Waals surface area contributed by atoms with Gasteiger partial charge < -0.3 is 14.7 Å². The van der Waals surface area contributed by atoms with Gasteiger partial charge in [-0.2, -0.15) is 0 Å². The number of fused-ring (bicyclic) bond motifs is 1. The second-order valence-electron chi connectivity index (χ2n) is 8.55. The zero-order valence-corrected chi connectivity index (χ0v) is 16.0. The molecule has 2 fully saturated rings. The predicted octanol–water partition coefficient (Wildman–Crippen LogP) is 3.13. The molecule has 0 radical (unpaired) electrons. The van der Waals surface area contributed by atoms with Gasteiger partial charge in [-0.3, -0.25) is 4.90 Å². The number of unbranched alkanes of at least 4 members (excludes halogenated alkanes) is 2. The summed E-state index contributed by atoms with van der Waals surface area (Å²) in [6.07, 6.45) is 6.06. The van der Waals surface area contributed by atoms with E-state index < -0.39 is 23.7 Å². The number of amides is 1. The van der Waals surface area contributed by atoms with Crippen LogP contribution in [0.3, 0.4) is 0 Å². The van der Waals surface area contributed by atoms with Crippen LogP contribution in [0.1, 0.15) is 52.9 Å². The second-order valence-corrected chi connectivity index (χ2v) is 8.55. The minimum atomic E-state index is -0.939. The van der Waals surface area contributed by atoms with Crippen LogP contribution in [-0.2, 0) is 9.53 Å². The lowest BCUT2D eigenvalue weighted by molar-refractivity contribution is -0.142. The molecular formula is C19H32N2O4. The van der Waals surface area contributed by atoms with Gasteiger partial charge in [0, 0.05) is 18.0 Å². The molecule has 2 aliphatic rings. The molecule has 0 spiro atoms. The number of nitrogens with zero attached hydrogens (tertiary/aromatic N) is 2. The molecule has 1 N–H and O–H groups in total. The zero-order valence-electron chi connectivity index (χ0n) is 16.0. The minimum Gasteiger partial charge on any atom is -0.480 e. The molecule has 1 saturated carbocycles. The number of allylic oxidation sites excluding steroid dienone is 1. The third-order valence-corrected chi connectivity index (χ3v) is 5.09. The molecule has 1 amide bonds. The molecule has 6 heteroatoms. The summed E-state index contributed by atoms with van der Waals surface area (Å²) in [5, 5.41) is 9.55. The lowest BCUT2D eigenvalue weighted by atomic mass is 9.99. The molecule has 3 atom stereocenters. The molecule has 1 unspecified atom stereocenters. The highest BCUT2D eigenvalue weighted by atomic mass is 16.6. The highest BCUT2D eigenvalue weighted by molar-refractivity contribution is 5.82. The highest BCUT2D eigenvalue weighted by Gasteiger charge is 2.68. The Hall–Kier alpha value is -1.56. The summed E-state index contributed by atoms with van der Waals surface area (Å²) in [4.78, 5) is 27.9. The molecule has 0 aromatic rings. The fraction of sp³-hybridized carbons (Fsp3) is 0.789. The normalized spacial score (nSPS) is 28.0. The van der Waals surface area contributed by atoms with Gasteiger partial charge in [-0.15, -0.1) is 6.58 Å². The molecule has 0 aromatic carbocycles. The van der Waals surface area contributed by atoms with Crippen LogP contribution in [0, 0.1) is 5.41 Å². The van der Waals surface area contributed by atoms with Crippen molar-refractivity contribution in [3.05, 3.63) is 12.7 Å². The van der Waals surface area contributed by atoms with Crippen molar-refractivity contribution in [3.63, 3.8) is 0 Å². The average Bonchev–Trinajstić information content (AvgIpc) is 3.05. The monoisotopic (exact) mass is 352 g/mol. The van der Waals surface area contributed by atoms with Crippen LogP contribution in [-0.4, -0.2) is 64.8 Å². The van der Waals surface area contributed by atoms with E-state index in [1.807, 2.05) is 6.08 Å². The Morgan fingerprint density at radius 2 is 2.04 bits per heavy atom. The fourth-order valence-corrected chi connectivity index (χ4v) is 3.94. The number of carbonyl (C=O) groups is 2. The van der Waals surface area contributed by atoms with Gasteiger partial charge in [0.25, 0.3) is 0 Å². The summed E-state index contributed by atoms with van der Waals surface area (Å²) in [5.41, 5.74) is -0.713. The topological polar surface area (TPSA) is 70.1 Å². The van der Waals surface area contributed by atoms with E-state index in [4.69, 9.17) is 4.74 Å². The SMILES string of the molecule is C=CCCCCN(C)C[C@]12CC1N(C(=O)OC(C)(C)C)[C@H](C(=O)O)C2. The van der Waals surface area contributed by atoms with Crippen LogP contribution in [0.15, 0.2) is 12.7 Å². The van der Waals surface area contributed by atoms with Crippen molar-refractivity contribution in [2.45, 2.75) is 70.6 Å². The van der Waals surface area contributed by atoms with Gasteiger partial charge in [0.15, 0.2) is 0 Å². The van der Waals surface area contributed by atoms with Gasteiger partial charge in [-0.1, -0.05) is 6.08 Å². The lowest BCUT2D eigenvalue weighted by Gasteiger charge is -2.28. The van der Waals surface area contributed by atoms with E-state index >= 15 is 0 Å². The van der Waals surface area contributed by atoms with Crippen molar-refractivity contribution in [1.29, 1.82) is 0 Å². The minimum absolute atomic E-state index is 0.0147. The third-order valence-electron chi connectivity index (χ3n) is 5.09. The summed E-state index contributed by atoms with van der Waals surface area (Å²) in [7, 11) is 2.07. The zero-order chi connectivity index (χ0) is 18.8. The van der Waals surface area contributed by atoms with Gasteiger partial charge in [0.1, 0.15) is 11.6 Å². The number of ether oxygens (including phenoxy) is 1. The van der Waals surface area contributed by atoms with Gasteiger partial charge in [0.05, 0.1) is 0 Å². The summed E-state index contributed by atoms with van der Waals surface area (Å²) in [5.74, 6) is -0.939. The molecule has 25 heavy (non-hydrogen) atoms. The summed E-state index contributed by atoms with van der Waals surface area (Å²) in [6, 6.07) is -0.790. The maximum Gasteiger partial charge on any atom is 0.411 e. The number of carbonyl (C=O) groups excluding carboxylic acids is 1. The van der Waals surface area contributed by atoms with Gasteiger partial charge in [-0.05, 0) is 66.5 Å². The molecule has 142 valence electrons. The molecular weight excluding hydrogens is 320 g/mol. The summed E-state index contributed by atoms with van der Waals surface area (Å²) < 4.78 is 5.44. The molecule has 1 aliphatic heterocycles. The van der Waals surface area contributed by atoms with E-state index in [2.05, 4.69) is 18.5 Å². The van der Waals surface area contributed by atoms with Crippen LogP contribution in [0.2, 0.25) is 0 Å². The van der Waals surface area contributed by atoms with Gasteiger partial charge in [0.2, 0.25) is 0 Å². The number of hydrogen-bond donors (Lipinski definition) is 1. The molecule has 2 rings (SSSR count). The molecule has 6 nitrogen and oxygen atoms in total. The second kappa shape index (κ2) is 7.36. The molecule has 1 aliphatic carbocycles. The Balaban J connectivity index is 1.97. The fourth-order valence-electron chi connectivity index (χ4n) is 3.94. The largest absolute Gasteiger partial charge is 0.480 e. The molecule has 0 aromatic heterocycles. The van der Waals surface area contributed by atoms with E-state index in [-0.39, 0.29) is 11.5 Å². The number of likely N-dealkylation sites (tertiary alicyclic amines) is 1. The van der Waals surface area contributed by atoms with Gasteiger partial charge in [-0.25, -0.2) is 9.59 Å². The number of piperidine rings is 1. The van der Waals surface area contributed by atoms with Crippen LogP contribution < -0.4 is 0 Å². The van der Waals surface area contributed by atoms with E-state index in [0.29, 0.717) is 6.42 Å². The Kier molecular flexibility index (Phi) is 5.82. The van der Waals surface area contributed by atoms with Crippen LogP contribution in [0.25, 0.3) is 0 Å². The number of carboxylic acid groups (broad SMARTS) is 1. The maximum absolute atomic E-state index is 12.5. The molecule has 1 saturated heterocycles. The predicted molar refractivity (Wildman–Crippen MR) is 96.5 cm³/mol. The first-order valence-electron chi connectivity index (χ1n) is 9.13. The van der Waals surface area contributed by atoms with Crippen molar-refractivity contribution in [2.24, 2.45) is 5.41 Å². The smallest absolute Gasteiger partial charge is 0.411 e. The van der Waals surface area contributed by atoms with Crippen LogP contribution >= 0.6 is 0 Å². The maximum atomic E-state index is 12.5. The first kappa shape index (κ1) is 19.8. The van der Waals surface area contributed by atoms with E-state index in [9.17, 15) is 14.7 Å². The first-order valence-corrected chi connectivity index (χ1v) is 9.13. The van der Waals surface area contributed by atoms with E-state index in [1.54, 1.807) is 20.8 Å². The molecule has 0 bridgehead atoms. The Morgan fingerprint density at radius 1 is 1.36 bits per heavy atom. The Labute approximate surface area is 150 Å². The Bertz CT molecular complexity index is 528. The van der Waals surface area contributed by atoms with Crippen LogP contribution in [0.4, 0.5) is 4.79 Å². The third kappa shape index (κ3) is 4.75. The van der Waals surface area contributed by atoms with Crippen molar-refractivity contribution in [3.8, 4) is 0 Å². The van der Waals surface area contributed by atoms with E-state index in [0.717, 1.165) is 38.8 Å². The highest BCUT2D eigenvalue weighted by Crippen LogP contribution is 2.60. The van der Waals surface area contributed by atoms with E-state index in [1.165, 1.54) is 4.90 Å². The summed E-state index contributed by atoms with van der Waals surface area (Å²) >= 11 is 0. The van der Waals surface area contributed by atoms with Crippen LogP contribution in [0.5, 0.6) is 0 Å². The number of hydrogen-bond acceptors (Lipinski definition) is 4. The standard InChI is InChI=1S/C19H32N2O4/c1-6-7-8-9-10-20(5)13-19-11-14(16(22)23)21(15(19)12-19)17(24)25-18(2,3)4/h6,14-15H,1,7-13H2,2-5H3,(H,22,23)/t14-,15?,19-/m0/s1.